The molecule has 0 atom stereocenters. The molecule has 9 heteroatoms. The Bertz CT molecular complexity index is 767. The lowest BCUT2D eigenvalue weighted by Crippen LogP contribution is -2.36. The number of rotatable bonds is 5. The Morgan fingerprint density at radius 3 is 2.54 bits per heavy atom. The van der Waals surface area contributed by atoms with Gasteiger partial charge in [0.2, 0.25) is 0 Å². The van der Waals surface area contributed by atoms with Crippen LogP contribution in [0.4, 0.5) is 10.6 Å². The molecule has 0 aromatic carbocycles. The van der Waals surface area contributed by atoms with E-state index in [4.69, 9.17) is 0 Å². The summed E-state index contributed by atoms with van der Waals surface area (Å²) in [5.74, 6) is 0.525. The SMILES string of the molecule is Cl.O=C(Nc1ncnc2c1cnn2CCN1CCCCCC1)NC1CCCC1. The molecule has 0 radical (unpaired) electrons. The molecule has 2 amide bonds. The summed E-state index contributed by atoms with van der Waals surface area (Å²) in [6.45, 7) is 4.12. The number of hydrogen-bond donors (Lipinski definition) is 2. The van der Waals surface area contributed by atoms with Gasteiger partial charge in [-0.1, -0.05) is 25.7 Å². The molecule has 0 spiro atoms. The average molecular weight is 408 g/mol. The van der Waals surface area contributed by atoms with Gasteiger partial charge in [-0.15, -0.1) is 12.4 Å². The van der Waals surface area contributed by atoms with E-state index >= 15 is 0 Å². The molecule has 2 fully saturated rings. The average Bonchev–Trinajstić information content (AvgIpc) is 3.24. The summed E-state index contributed by atoms with van der Waals surface area (Å²) in [7, 11) is 0. The predicted molar refractivity (Wildman–Crippen MR) is 112 cm³/mol. The maximum Gasteiger partial charge on any atom is 0.320 e. The molecule has 1 saturated carbocycles. The highest BCUT2D eigenvalue weighted by Gasteiger charge is 2.18. The van der Waals surface area contributed by atoms with E-state index in [0.717, 1.165) is 37.0 Å². The molecule has 2 aromatic heterocycles. The lowest BCUT2D eigenvalue weighted by Gasteiger charge is -2.19. The fourth-order valence-corrected chi connectivity index (χ4v) is 4.15. The molecule has 0 unspecified atom stereocenters. The van der Waals surface area contributed by atoms with Gasteiger partial charge in [0.15, 0.2) is 5.65 Å². The van der Waals surface area contributed by atoms with Gasteiger partial charge >= 0.3 is 6.03 Å². The number of nitrogens with one attached hydrogen (secondary N) is 2. The smallest absolute Gasteiger partial charge is 0.320 e. The van der Waals surface area contributed by atoms with Gasteiger partial charge in [0.25, 0.3) is 0 Å². The maximum atomic E-state index is 12.3. The molecule has 2 aromatic rings. The van der Waals surface area contributed by atoms with Gasteiger partial charge < -0.3 is 10.2 Å². The molecular formula is C19H30ClN7O. The Morgan fingerprint density at radius 1 is 1.04 bits per heavy atom. The van der Waals surface area contributed by atoms with Crippen molar-refractivity contribution in [1.82, 2.24) is 30.0 Å². The third-order valence-electron chi connectivity index (χ3n) is 5.68. The molecule has 28 heavy (non-hydrogen) atoms. The first kappa shape index (κ1) is 20.8. The van der Waals surface area contributed by atoms with Gasteiger partial charge in [0.05, 0.1) is 18.1 Å². The van der Waals surface area contributed by atoms with E-state index in [2.05, 4.69) is 30.6 Å². The van der Waals surface area contributed by atoms with Crippen molar-refractivity contribution in [2.75, 3.05) is 25.0 Å². The summed E-state index contributed by atoms with van der Waals surface area (Å²) in [6, 6.07) is 0.0814. The van der Waals surface area contributed by atoms with Crippen molar-refractivity contribution < 1.29 is 4.79 Å². The van der Waals surface area contributed by atoms with Crippen LogP contribution in [0.3, 0.4) is 0 Å². The summed E-state index contributed by atoms with van der Waals surface area (Å²) < 4.78 is 1.92. The van der Waals surface area contributed by atoms with Gasteiger partial charge in [-0.3, -0.25) is 5.32 Å². The number of hydrogen-bond acceptors (Lipinski definition) is 5. The van der Waals surface area contributed by atoms with Crippen LogP contribution in [0.1, 0.15) is 51.4 Å². The Kier molecular flexibility index (Phi) is 7.44. The van der Waals surface area contributed by atoms with Gasteiger partial charge in [-0.25, -0.2) is 19.4 Å². The minimum Gasteiger partial charge on any atom is -0.335 e. The number of amides is 2. The van der Waals surface area contributed by atoms with Crippen LogP contribution >= 0.6 is 12.4 Å². The summed E-state index contributed by atoms with van der Waals surface area (Å²) in [6.07, 6.45) is 13.0. The number of anilines is 1. The Hall–Kier alpha value is -1.93. The van der Waals surface area contributed by atoms with Crippen LogP contribution in [-0.2, 0) is 6.54 Å². The number of fused-ring (bicyclic) bond motifs is 1. The second-order valence-electron chi connectivity index (χ2n) is 7.66. The van der Waals surface area contributed by atoms with Crippen molar-refractivity contribution in [3.05, 3.63) is 12.5 Å². The first-order valence-corrected chi connectivity index (χ1v) is 10.3. The number of halogens is 1. The number of likely N-dealkylation sites (tertiary alicyclic amines) is 1. The fourth-order valence-electron chi connectivity index (χ4n) is 4.15. The highest BCUT2D eigenvalue weighted by atomic mass is 35.5. The van der Waals surface area contributed by atoms with Crippen LogP contribution in [0.25, 0.3) is 11.0 Å². The molecule has 8 nitrogen and oxygen atoms in total. The van der Waals surface area contributed by atoms with Crippen molar-refractivity contribution >= 4 is 35.3 Å². The van der Waals surface area contributed by atoms with Crippen molar-refractivity contribution in [3.8, 4) is 0 Å². The first-order chi connectivity index (χ1) is 13.3. The van der Waals surface area contributed by atoms with Crippen LogP contribution < -0.4 is 10.6 Å². The monoisotopic (exact) mass is 407 g/mol. The number of urea groups is 1. The lowest BCUT2D eigenvalue weighted by atomic mass is 10.2. The normalized spacial score (nSPS) is 18.6. The molecular weight excluding hydrogens is 378 g/mol. The molecule has 2 aliphatic rings. The van der Waals surface area contributed by atoms with E-state index in [-0.39, 0.29) is 24.5 Å². The number of nitrogens with zero attached hydrogens (tertiary/aromatic N) is 5. The van der Waals surface area contributed by atoms with Crippen molar-refractivity contribution in [2.24, 2.45) is 0 Å². The highest BCUT2D eigenvalue weighted by molar-refractivity contribution is 5.97. The second kappa shape index (κ2) is 10.0. The van der Waals surface area contributed by atoms with Gasteiger partial charge in [0.1, 0.15) is 12.1 Å². The largest absolute Gasteiger partial charge is 0.335 e. The van der Waals surface area contributed by atoms with Crippen molar-refractivity contribution in [3.63, 3.8) is 0 Å². The minimum absolute atomic E-state index is 0. The van der Waals surface area contributed by atoms with Crippen LogP contribution in [0.15, 0.2) is 12.5 Å². The summed E-state index contributed by atoms with van der Waals surface area (Å²) >= 11 is 0. The number of carbonyl (C=O) groups is 1. The lowest BCUT2D eigenvalue weighted by molar-refractivity contribution is 0.248. The standard InChI is InChI=1S/C19H29N7O.ClH/c27-19(23-15-7-3-4-8-15)24-17-16-13-22-26(18(16)21-14-20-17)12-11-25-9-5-1-2-6-10-25;/h13-15H,1-12H2,(H2,20,21,23,24,27);1H. The van der Waals surface area contributed by atoms with Gasteiger partial charge in [-0.05, 0) is 38.8 Å². The number of aromatic nitrogens is 4. The summed E-state index contributed by atoms with van der Waals surface area (Å²) in [5.41, 5.74) is 0.774. The molecule has 0 bridgehead atoms. The van der Waals surface area contributed by atoms with Gasteiger partial charge in [-0.2, -0.15) is 5.10 Å². The predicted octanol–water partition coefficient (Wildman–Crippen LogP) is 3.19. The quantitative estimate of drug-likeness (QED) is 0.794. The van der Waals surface area contributed by atoms with Crippen LogP contribution in [0, 0.1) is 0 Å². The summed E-state index contributed by atoms with van der Waals surface area (Å²) in [5, 5.41) is 11.2. The summed E-state index contributed by atoms with van der Waals surface area (Å²) in [4.78, 5) is 23.4. The van der Waals surface area contributed by atoms with Crippen molar-refractivity contribution in [2.45, 2.75) is 64.0 Å². The molecule has 4 rings (SSSR count). The molecule has 154 valence electrons. The van der Waals surface area contributed by atoms with E-state index in [0.29, 0.717) is 5.82 Å². The van der Waals surface area contributed by atoms with E-state index in [1.165, 1.54) is 57.9 Å². The van der Waals surface area contributed by atoms with Crippen LogP contribution in [-0.4, -0.2) is 56.4 Å². The Balaban J connectivity index is 0.00000225. The molecule has 1 aliphatic heterocycles. The van der Waals surface area contributed by atoms with E-state index in [9.17, 15) is 4.79 Å². The molecule has 2 N–H and O–H groups in total. The minimum atomic E-state index is -0.195. The third kappa shape index (κ3) is 5.11. The fraction of sp³-hybridized carbons (Fsp3) is 0.684. The van der Waals surface area contributed by atoms with Crippen molar-refractivity contribution in [1.29, 1.82) is 0 Å². The molecule has 1 aliphatic carbocycles. The highest BCUT2D eigenvalue weighted by Crippen LogP contribution is 2.20. The first-order valence-electron chi connectivity index (χ1n) is 10.3. The molecule has 3 heterocycles. The Labute approximate surface area is 171 Å². The Morgan fingerprint density at radius 2 is 1.79 bits per heavy atom. The van der Waals surface area contributed by atoms with E-state index < -0.39 is 0 Å². The van der Waals surface area contributed by atoms with Crippen LogP contribution in [0.5, 0.6) is 0 Å². The van der Waals surface area contributed by atoms with E-state index in [1.807, 2.05) is 4.68 Å². The molecule has 1 saturated heterocycles. The number of carbonyl (C=O) groups excluding carboxylic acids is 1. The third-order valence-corrected chi connectivity index (χ3v) is 5.68. The zero-order valence-corrected chi connectivity index (χ0v) is 17.1. The van der Waals surface area contributed by atoms with Gasteiger partial charge in [0, 0.05) is 12.6 Å². The zero-order chi connectivity index (χ0) is 18.5. The zero-order valence-electron chi connectivity index (χ0n) is 16.3. The second-order valence-corrected chi connectivity index (χ2v) is 7.66. The maximum absolute atomic E-state index is 12.3. The van der Waals surface area contributed by atoms with Crippen LogP contribution in [0.2, 0.25) is 0 Å². The topological polar surface area (TPSA) is 88.0 Å². The van der Waals surface area contributed by atoms with E-state index in [1.54, 1.807) is 6.20 Å².